The summed E-state index contributed by atoms with van der Waals surface area (Å²) in [4.78, 5) is 8.88. The Hall–Kier alpha value is -1.42. The molecule has 0 saturated carbocycles. The molecule has 0 radical (unpaired) electrons. The Balaban J connectivity index is 2.41. The first-order valence-corrected chi connectivity index (χ1v) is 6.03. The van der Waals surface area contributed by atoms with E-state index in [1.54, 1.807) is 7.11 Å². The van der Waals surface area contributed by atoms with Crippen LogP contribution in [-0.4, -0.2) is 21.5 Å². The van der Waals surface area contributed by atoms with E-state index in [0.717, 1.165) is 23.5 Å². The second kappa shape index (κ2) is 4.84. The molecule has 2 aromatic heterocycles. The van der Waals surface area contributed by atoms with Crippen molar-refractivity contribution in [1.29, 1.82) is 0 Å². The molecule has 2 atom stereocenters. The number of imidazole rings is 1. The third-order valence-electron chi connectivity index (χ3n) is 3.29. The Labute approximate surface area is 102 Å². The maximum atomic E-state index is 5.29. The highest BCUT2D eigenvalue weighted by molar-refractivity contribution is 5.33. The van der Waals surface area contributed by atoms with Crippen molar-refractivity contribution >= 4 is 5.78 Å². The first kappa shape index (κ1) is 12.0. The lowest BCUT2D eigenvalue weighted by molar-refractivity contribution is 0.119. The van der Waals surface area contributed by atoms with Crippen molar-refractivity contribution in [3.8, 4) is 0 Å². The molecule has 0 aliphatic rings. The number of methoxy groups -OCH3 is 1. The molecule has 2 rings (SSSR count). The van der Waals surface area contributed by atoms with Crippen molar-refractivity contribution in [1.82, 2.24) is 14.4 Å². The summed E-state index contributed by atoms with van der Waals surface area (Å²) in [6.07, 6.45) is 7.07. The molecule has 17 heavy (non-hydrogen) atoms. The van der Waals surface area contributed by atoms with Crippen molar-refractivity contribution in [2.24, 2.45) is 0 Å². The van der Waals surface area contributed by atoms with E-state index in [1.807, 2.05) is 23.7 Å². The highest BCUT2D eigenvalue weighted by atomic mass is 16.5. The van der Waals surface area contributed by atoms with Gasteiger partial charge in [0.1, 0.15) is 0 Å². The van der Waals surface area contributed by atoms with Crippen LogP contribution in [0.15, 0.2) is 18.6 Å². The van der Waals surface area contributed by atoms with E-state index in [1.165, 1.54) is 0 Å². The fraction of sp³-hybridized carbons (Fsp3) is 0.538. The molecule has 0 saturated heterocycles. The normalized spacial score (nSPS) is 15.1. The van der Waals surface area contributed by atoms with Gasteiger partial charge in [0.2, 0.25) is 5.78 Å². The van der Waals surface area contributed by atoms with E-state index < -0.39 is 0 Å². The highest BCUT2D eigenvalue weighted by Crippen LogP contribution is 2.19. The minimum atomic E-state index is 0.0568. The van der Waals surface area contributed by atoms with Crippen LogP contribution in [0.1, 0.15) is 50.5 Å². The van der Waals surface area contributed by atoms with Crippen molar-refractivity contribution < 1.29 is 4.74 Å². The summed E-state index contributed by atoms with van der Waals surface area (Å²) in [5, 5.41) is 0. The van der Waals surface area contributed by atoms with Crippen LogP contribution in [0.25, 0.3) is 5.78 Å². The van der Waals surface area contributed by atoms with Gasteiger partial charge in [0.05, 0.1) is 11.8 Å². The van der Waals surface area contributed by atoms with Crippen LogP contribution < -0.4 is 0 Å². The third kappa shape index (κ3) is 2.31. The number of hydrogen-bond acceptors (Lipinski definition) is 3. The van der Waals surface area contributed by atoms with Crippen molar-refractivity contribution in [2.75, 3.05) is 7.11 Å². The van der Waals surface area contributed by atoms with Gasteiger partial charge in [-0.3, -0.25) is 4.40 Å². The average molecular weight is 233 g/mol. The number of rotatable bonds is 4. The minimum Gasteiger partial charge on any atom is -0.377 e. The molecule has 0 aromatic carbocycles. The predicted molar refractivity (Wildman–Crippen MR) is 67.1 cm³/mol. The van der Waals surface area contributed by atoms with Crippen molar-refractivity contribution in [3.05, 3.63) is 29.8 Å². The topological polar surface area (TPSA) is 39.4 Å². The van der Waals surface area contributed by atoms with E-state index in [9.17, 15) is 0 Å². The standard InChI is InChI=1S/C13H19N3O/c1-5-9(2)12-8-16-7-11(10(3)17-4)6-14-13(16)15-12/h6-10H,5H2,1-4H3. The lowest BCUT2D eigenvalue weighted by Gasteiger charge is -2.08. The van der Waals surface area contributed by atoms with Crippen molar-refractivity contribution in [3.63, 3.8) is 0 Å². The lowest BCUT2D eigenvalue weighted by atomic mass is 10.1. The van der Waals surface area contributed by atoms with Crippen LogP contribution in [0.4, 0.5) is 0 Å². The van der Waals surface area contributed by atoms with Gasteiger partial charge in [-0.2, -0.15) is 0 Å². The molecule has 92 valence electrons. The van der Waals surface area contributed by atoms with E-state index in [4.69, 9.17) is 4.74 Å². The maximum absolute atomic E-state index is 5.29. The van der Waals surface area contributed by atoms with Gasteiger partial charge in [-0.1, -0.05) is 13.8 Å². The van der Waals surface area contributed by atoms with Gasteiger partial charge in [-0.05, 0) is 19.3 Å². The van der Waals surface area contributed by atoms with Crippen LogP contribution in [0.2, 0.25) is 0 Å². The fourth-order valence-corrected chi connectivity index (χ4v) is 1.71. The van der Waals surface area contributed by atoms with Gasteiger partial charge in [0.15, 0.2) is 0 Å². The number of ether oxygens (including phenoxy) is 1. The predicted octanol–water partition coefficient (Wildman–Crippen LogP) is 2.95. The first-order valence-electron chi connectivity index (χ1n) is 6.03. The molecule has 4 nitrogen and oxygen atoms in total. The van der Waals surface area contributed by atoms with Gasteiger partial charge in [-0.25, -0.2) is 9.97 Å². The second-order valence-electron chi connectivity index (χ2n) is 4.45. The van der Waals surface area contributed by atoms with Gasteiger partial charge >= 0.3 is 0 Å². The first-order chi connectivity index (χ1) is 8.15. The molecule has 0 spiro atoms. The molecule has 2 heterocycles. The number of nitrogens with zero attached hydrogens (tertiary/aromatic N) is 3. The molecule has 0 aliphatic carbocycles. The molecule has 2 unspecified atom stereocenters. The second-order valence-corrected chi connectivity index (χ2v) is 4.45. The van der Waals surface area contributed by atoms with Crippen LogP contribution in [0, 0.1) is 0 Å². The highest BCUT2D eigenvalue weighted by Gasteiger charge is 2.11. The number of hydrogen-bond donors (Lipinski definition) is 0. The summed E-state index contributed by atoms with van der Waals surface area (Å²) >= 11 is 0. The summed E-state index contributed by atoms with van der Waals surface area (Å²) in [5.41, 5.74) is 2.16. The number of fused-ring (bicyclic) bond motifs is 1. The quantitative estimate of drug-likeness (QED) is 0.815. The van der Waals surface area contributed by atoms with Crippen LogP contribution in [-0.2, 0) is 4.74 Å². The van der Waals surface area contributed by atoms with Gasteiger partial charge < -0.3 is 4.74 Å². The Bertz CT molecular complexity index is 498. The summed E-state index contributed by atoms with van der Waals surface area (Å²) in [6.45, 7) is 6.36. The molecular formula is C13H19N3O. The zero-order valence-electron chi connectivity index (χ0n) is 10.8. The molecular weight excluding hydrogens is 214 g/mol. The third-order valence-corrected chi connectivity index (χ3v) is 3.29. The molecule has 0 bridgehead atoms. The summed E-state index contributed by atoms with van der Waals surface area (Å²) < 4.78 is 7.27. The van der Waals surface area contributed by atoms with E-state index in [-0.39, 0.29) is 6.10 Å². The van der Waals surface area contributed by atoms with E-state index in [2.05, 4.69) is 30.0 Å². The van der Waals surface area contributed by atoms with E-state index in [0.29, 0.717) is 5.92 Å². The molecule has 0 N–H and O–H groups in total. The van der Waals surface area contributed by atoms with Crippen LogP contribution in [0.5, 0.6) is 0 Å². The lowest BCUT2D eigenvalue weighted by Crippen LogP contribution is -1.99. The fourth-order valence-electron chi connectivity index (χ4n) is 1.71. The van der Waals surface area contributed by atoms with Crippen molar-refractivity contribution in [2.45, 2.75) is 39.2 Å². The molecule has 0 amide bonds. The Morgan fingerprint density at radius 3 is 2.76 bits per heavy atom. The monoisotopic (exact) mass is 233 g/mol. The average Bonchev–Trinajstić information content (AvgIpc) is 2.79. The molecule has 0 fully saturated rings. The Kier molecular flexibility index (Phi) is 3.43. The summed E-state index contributed by atoms with van der Waals surface area (Å²) in [5.74, 6) is 1.23. The minimum absolute atomic E-state index is 0.0568. The zero-order chi connectivity index (χ0) is 12.4. The smallest absolute Gasteiger partial charge is 0.233 e. The van der Waals surface area contributed by atoms with Crippen LogP contribution in [0.3, 0.4) is 0 Å². The van der Waals surface area contributed by atoms with Gasteiger partial charge in [0.25, 0.3) is 0 Å². The Morgan fingerprint density at radius 2 is 2.12 bits per heavy atom. The molecule has 0 aliphatic heterocycles. The SMILES string of the molecule is CCC(C)c1cn2cc(C(C)OC)cnc2n1. The van der Waals surface area contributed by atoms with E-state index >= 15 is 0 Å². The molecule has 2 aromatic rings. The zero-order valence-corrected chi connectivity index (χ0v) is 10.8. The largest absolute Gasteiger partial charge is 0.377 e. The summed E-state index contributed by atoms with van der Waals surface area (Å²) in [7, 11) is 1.70. The van der Waals surface area contributed by atoms with Crippen LogP contribution >= 0.6 is 0 Å². The summed E-state index contributed by atoms with van der Waals surface area (Å²) in [6, 6.07) is 0. The van der Waals surface area contributed by atoms with Gasteiger partial charge in [-0.15, -0.1) is 0 Å². The number of aromatic nitrogens is 3. The Morgan fingerprint density at radius 1 is 1.35 bits per heavy atom. The van der Waals surface area contributed by atoms with Gasteiger partial charge in [0, 0.05) is 31.3 Å². The maximum Gasteiger partial charge on any atom is 0.233 e. The molecule has 4 heteroatoms.